The van der Waals surface area contributed by atoms with Crippen molar-refractivity contribution in [2.45, 2.75) is 75.1 Å². The quantitative estimate of drug-likeness (QED) is 0.322. The first-order valence-corrected chi connectivity index (χ1v) is 8.94. The van der Waals surface area contributed by atoms with Crippen molar-refractivity contribution in [3.8, 4) is 0 Å². The van der Waals surface area contributed by atoms with E-state index in [1.807, 2.05) is 11.8 Å². The molecule has 0 radical (unpaired) electrons. The second-order valence-corrected chi connectivity index (χ2v) is 6.91. The highest BCUT2D eigenvalue weighted by Crippen LogP contribution is 2.28. The maximum absolute atomic E-state index is 5.61. The fourth-order valence-electron chi connectivity index (χ4n) is 3.15. The molecule has 0 atom stereocenters. The lowest BCUT2D eigenvalue weighted by Crippen LogP contribution is -2.47. The number of nitrogens with two attached hydrogens (primary N) is 1. The summed E-state index contributed by atoms with van der Waals surface area (Å²) in [5.41, 5.74) is 2.76. The number of nitrogens with zero attached hydrogens (tertiary/aromatic N) is 1. The van der Waals surface area contributed by atoms with Crippen LogP contribution in [0.2, 0.25) is 0 Å². The van der Waals surface area contributed by atoms with E-state index in [0.29, 0.717) is 12.1 Å². The average Bonchev–Trinajstić information content (AvgIpc) is 2.48. The van der Waals surface area contributed by atoms with Gasteiger partial charge >= 0.3 is 0 Å². The molecule has 110 valence electrons. The summed E-state index contributed by atoms with van der Waals surface area (Å²) in [5.74, 6) is 6.42. The lowest BCUT2D eigenvalue weighted by atomic mass is 9.95. The molecule has 0 amide bonds. The van der Waals surface area contributed by atoms with Gasteiger partial charge in [-0.25, -0.2) is 10.8 Å². The van der Waals surface area contributed by atoms with Gasteiger partial charge in [-0.05, 0) is 44.8 Å². The molecule has 0 unspecified atom stereocenters. The average molecular weight is 284 g/mol. The van der Waals surface area contributed by atoms with Crippen LogP contribution in [0, 0.1) is 0 Å². The Bertz CT molecular complexity index is 281. The van der Waals surface area contributed by atoms with Gasteiger partial charge in [-0.2, -0.15) is 11.8 Å². The number of guanidine groups is 1. The lowest BCUT2D eigenvalue weighted by Gasteiger charge is -2.27. The molecule has 0 aromatic carbocycles. The number of hydrogen-bond donors (Lipinski definition) is 3. The maximum atomic E-state index is 5.61. The largest absolute Gasteiger partial charge is 0.353 e. The normalized spacial score (nSPS) is 30.1. The SMILES string of the molecule is CSC1CCC(N=C(NN)NC2CCCCC2)CC1. The Morgan fingerprint density at radius 3 is 2.32 bits per heavy atom. The second-order valence-electron chi connectivity index (χ2n) is 5.77. The van der Waals surface area contributed by atoms with Crippen LogP contribution in [0.5, 0.6) is 0 Å². The third-order valence-corrected chi connectivity index (χ3v) is 5.51. The van der Waals surface area contributed by atoms with Gasteiger partial charge in [-0.3, -0.25) is 5.43 Å². The third kappa shape index (κ3) is 4.88. The molecular formula is C14H28N4S. The number of hydrogen-bond acceptors (Lipinski definition) is 3. The maximum Gasteiger partial charge on any atom is 0.206 e. The highest BCUT2D eigenvalue weighted by molar-refractivity contribution is 7.99. The second kappa shape index (κ2) is 8.00. The topological polar surface area (TPSA) is 62.4 Å². The van der Waals surface area contributed by atoms with E-state index in [0.717, 1.165) is 11.2 Å². The van der Waals surface area contributed by atoms with Crippen LogP contribution in [0.15, 0.2) is 4.99 Å². The summed E-state index contributed by atoms with van der Waals surface area (Å²) in [7, 11) is 0. The first-order chi connectivity index (χ1) is 9.31. The van der Waals surface area contributed by atoms with Crippen LogP contribution in [0.3, 0.4) is 0 Å². The molecule has 2 rings (SSSR count). The molecule has 4 N–H and O–H groups in total. The van der Waals surface area contributed by atoms with Gasteiger partial charge in [-0.1, -0.05) is 19.3 Å². The Hall–Kier alpha value is -0.420. The van der Waals surface area contributed by atoms with E-state index < -0.39 is 0 Å². The smallest absolute Gasteiger partial charge is 0.206 e. The third-order valence-electron chi connectivity index (χ3n) is 4.37. The predicted octanol–water partition coefficient (Wildman–Crippen LogP) is 2.40. The van der Waals surface area contributed by atoms with Crippen molar-refractivity contribution in [2.24, 2.45) is 10.8 Å². The minimum Gasteiger partial charge on any atom is -0.353 e. The van der Waals surface area contributed by atoms with Crippen LogP contribution in [-0.4, -0.2) is 29.5 Å². The standard InChI is InChI=1S/C14H28N4S/c1-19-13-9-7-12(8-10-13)17-14(18-15)16-11-5-3-2-4-6-11/h11-13H,2-10,15H2,1H3,(H2,16,17,18). The van der Waals surface area contributed by atoms with Crippen molar-refractivity contribution in [3.63, 3.8) is 0 Å². The summed E-state index contributed by atoms with van der Waals surface area (Å²) in [5, 5.41) is 4.33. The van der Waals surface area contributed by atoms with Crippen molar-refractivity contribution in [3.05, 3.63) is 0 Å². The van der Waals surface area contributed by atoms with E-state index in [9.17, 15) is 0 Å². The van der Waals surface area contributed by atoms with Crippen LogP contribution in [0.4, 0.5) is 0 Å². The number of thioether (sulfide) groups is 1. The minimum atomic E-state index is 0.450. The van der Waals surface area contributed by atoms with Crippen LogP contribution < -0.4 is 16.6 Å². The van der Waals surface area contributed by atoms with Crippen molar-refractivity contribution >= 4 is 17.7 Å². The van der Waals surface area contributed by atoms with E-state index in [1.165, 1.54) is 57.8 Å². The first kappa shape index (κ1) is 15.0. The molecule has 2 aliphatic carbocycles. The van der Waals surface area contributed by atoms with Crippen molar-refractivity contribution < 1.29 is 0 Å². The first-order valence-electron chi connectivity index (χ1n) is 7.65. The van der Waals surface area contributed by atoms with Crippen LogP contribution in [-0.2, 0) is 0 Å². The number of nitrogens with one attached hydrogen (secondary N) is 2. The fraction of sp³-hybridized carbons (Fsp3) is 0.929. The summed E-state index contributed by atoms with van der Waals surface area (Å²) >= 11 is 2.00. The Labute approximate surface area is 121 Å². The van der Waals surface area contributed by atoms with Crippen molar-refractivity contribution in [1.82, 2.24) is 10.7 Å². The van der Waals surface area contributed by atoms with E-state index >= 15 is 0 Å². The number of rotatable bonds is 3. The molecule has 4 nitrogen and oxygen atoms in total. The van der Waals surface area contributed by atoms with Gasteiger partial charge in [0.15, 0.2) is 0 Å². The molecule has 0 saturated heterocycles. The lowest BCUT2D eigenvalue weighted by molar-refractivity contribution is 0.405. The molecule has 0 aromatic heterocycles. The predicted molar refractivity (Wildman–Crippen MR) is 84.3 cm³/mol. The molecule has 19 heavy (non-hydrogen) atoms. The van der Waals surface area contributed by atoms with Gasteiger partial charge in [0.25, 0.3) is 0 Å². The molecule has 2 fully saturated rings. The van der Waals surface area contributed by atoms with Gasteiger partial charge in [-0.15, -0.1) is 0 Å². The summed E-state index contributed by atoms with van der Waals surface area (Å²) in [6.07, 6.45) is 13.7. The number of aliphatic imine (C=N–C) groups is 1. The van der Waals surface area contributed by atoms with E-state index in [4.69, 9.17) is 10.8 Å². The molecule has 0 heterocycles. The van der Waals surface area contributed by atoms with Crippen molar-refractivity contribution in [1.29, 1.82) is 0 Å². The zero-order valence-corrected chi connectivity index (χ0v) is 12.8. The van der Waals surface area contributed by atoms with E-state index in [-0.39, 0.29) is 0 Å². The Balaban J connectivity index is 1.81. The van der Waals surface area contributed by atoms with Gasteiger partial charge < -0.3 is 5.32 Å². The molecule has 2 aliphatic rings. The fourth-order valence-corrected chi connectivity index (χ4v) is 3.89. The van der Waals surface area contributed by atoms with Gasteiger partial charge in [0, 0.05) is 11.3 Å². The molecule has 0 aromatic rings. The number of hydrazine groups is 1. The molecule has 5 heteroatoms. The molecule has 0 bridgehead atoms. The van der Waals surface area contributed by atoms with Gasteiger partial charge in [0.2, 0.25) is 5.96 Å². The zero-order chi connectivity index (χ0) is 13.5. The summed E-state index contributed by atoms with van der Waals surface area (Å²) < 4.78 is 0. The van der Waals surface area contributed by atoms with Crippen LogP contribution >= 0.6 is 11.8 Å². The van der Waals surface area contributed by atoms with Crippen molar-refractivity contribution in [2.75, 3.05) is 6.26 Å². The molecular weight excluding hydrogens is 256 g/mol. The highest BCUT2D eigenvalue weighted by Gasteiger charge is 2.21. The summed E-state index contributed by atoms with van der Waals surface area (Å²) in [4.78, 5) is 4.78. The van der Waals surface area contributed by atoms with E-state index in [1.54, 1.807) is 0 Å². The molecule has 2 saturated carbocycles. The van der Waals surface area contributed by atoms with E-state index in [2.05, 4.69) is 17.0 Å². The summed E-state index contributed by atoms with van der Waals surface area (Å²) in [6, 6.07) is 1.01. The summed E-state index contributed by atoms with van der Waals surface area (Å²) in [6.45, 7) is 0. The molecule has 0 spiro atoms. The van der Waals surface area contributed by atoms with Crippen LogP contribution in [0.25, 0.3) is 0 Å². The molecule has 0 aliphatic heterocycles. The van der Waals surface area contributed by atoms with Crippen LogP contribution in [0.1, 0.15) is 57.8 Å². The Morgan fingerprint density at radius 1 is 1.05 bits per heavy atom. The van der Waals surface area contributed by atoms with Gasteiger partial charge in [0.05, 0.1) is 6.04 Å². The highest BCUT2D eigenvalue weighted by atomic mass is 32.2. The van der Waals surface area contributed by atoms with Gasteiger partial charge in [0.1, 0.15) is 0 Å². The Kier molecular flexibility index (Phi) is 6.31. The Morgan fingerprint density at radius 2 is 1.74 bits per heavy atom. The minimum absolute atomic E-state index is 0.450. The zero-order valence-electron chi connectivity index (χ0n) is 12.0. The monoisotopic (exact) mass is 284 g/mol.